The molecule has 0 spiro atoms. The standard InChI is InChI=1S/C14H20N2O2/c1-9-10(2)16-14-12(18-8-7-17-4)6-5-11(15-3)13(9)14/h5-6,15-16H,7-8H2,1-4H3. The Bertz CT molecular complexity index is 546. The van der Waals surface area contributed by atoms with Gasteiger partial charge in [0.25, 0.3) is 0 Å². The molecule has 0 saturated heterocycles. The molecular formula is C14H20N2O2. The van der Waals surface area contributed by atoms with E-state index < -0.39 is 0 Å². The third-order valence-electron chi connectivity index (χ3n) is 3.23. The Kier molecular flexibility index (Phi) is 3.77. The predicted molar refractivity (Wildman–Crippen MR) is 74.7 cm³/mol. The van der Waals surface area contributed by atoms with Crippen molar-refractivity contribution in [3.8, 4) is 5.75 Å². The number of hydrogen-bond donors (Lipinski definition) is 2. The van der Waals surface area contributed by atoms with Gasteiger partial charge in [0.05, 0.1) is 12.1 Å². The van der Waals surface area contributed by atoms with Crippen molar-refractivity contribution in [1.82, 2.24) is 4.98 Å². The number of nitrogens with one attached hydrogen (secondary N) is 2. The minimum Gasteiger partial charge on any atom is -0.489 e. The smallest absolute Gasteiger partial charge is 0.143 e. The van der Waals surface area contributed by atoms with Crippen molar-refractivity contribution in [1.29, 1.82) is 0 Å². The average molecular weight is 248 g/mol. The van der Waals surface area contributed by atoms with Crippen molar-refractivity contribution in [3.63, 3.8) is 0 Å². The highest BCUT2D eigenvalue weighted by Gasteiger charge is 2.12. The summed E-state index contributed by atoms with van der Waals surface area (Å²) in [5.41, 5.74) is 4.59. The van der Waals surface area contributed by atoms with Gasteiger partial charge in [0.2, 0.25) is 0 Å². The van der Waals surface area contributed by atoms with Crippen LogP contribution in [0.15, 0.2) is 12.1 Å². The third kappa shape index (κ3) is 2.16. The number of anilines is 1. The highest BCUT2D eigenvalue weighted by molar-refractivity contribution is 5.99. The molecule has 0 bridgehead atoms. The quantitative estimate of drug-likeness (QED) is 0.800. The zero-order chi connectivity index (χ0) is 13.1. The number of aromatic nitrogens is 1. The van der Waals surface area contributed by atoms with Crippen LogP contribution in [0.1, 0.15) is 11.3 Å². The molecule has 2 rings (SSSR count). The number of aromatic amines is 1. The Hall–Kier alpha value is -1.68. The van der Waals surface area contributed by atoms with Crippen molar-refractivity contribution in [2.24, 2.45) is 0 Å². The van der Waals surface area contributed by atoms with E-state index >= 15 is 0 Å². The molecule has 1 aromatic carbocycles. The van der Waals surface area contributed by atoms with Gasteiger partial charge in [0.1, 0.15) is 12.4 Å². The van der Waals surface area contributed by atoms with Gasteiger partial charge < -0.3 is 19.8 Å². The normalized spacial score (nSPS) is 10.9. The minimum atomic E-state index is 0.557. The molecular weight excluding hydrogens is 228 g/mol. The maximum atomic E-state index is 5.74. The maximum absolute atomic E-state index is 5.74. The molecule has 18 heavy (non-hydrogen) atoms. The molecule has 1 heterocycles. The summed E-state index contributed by atoms with van der Waals surface area (Å²) in [6, 6.07) is 4.03. The van der Waals surface area contributed by atoms with Crippen LogP contribution in [-0.4, -0.2) is 32.4 Å². The van der Waals surface area contributed by atoms with Crippen molar-refractivity contribution in [3.05, 3.63) is 23.4 Å². The Balaban J connectivity index is 2.46. The lowest BCUT2D eigenvalue weighted by Crippen LogP contribution is -2.04. The number of fused-ring (bicyclic) bond motifs is 1. The van der Waals surface area contributed by atoms with E-state index in [9.17, 15) is 0 Å². The summed E-state index contributed by atoms with van der Waals surface area (Å²) in [6.45, 7) is 5.34. The first-order valence-corrected chi connectivity index (χ1v) is 6.10. The molecule has 4 heteroatoms. The van der Waals surface area contributed by atoms with E-state index in [0.717, 1.165) is 17.0 Å². The second-order valence-corrected chi connectivity index (χ2v) is 4.33. The zero-order valence-electron chi connectivity index (χ0n) is 11.4. The first-order valence-electron chi connectivity index (χ1n) is 6.10. The number of benzene rings is 1. The van der Waals surface area contributed by atoms with Crippen molar-refractivity contribution < 1.29 is 9.47 Å². The molecule has 0 aliphatic heterocycles. The van der Waals surface area contributed by atoms with Gasteiger partial charge in [-0.15, -0.1) is 0 Å². The summed E-state index contributed by atoms with van der Waals surface area (Å²) in [7, 11) is 3.61. The number of rotatable bonds is 5. The predicted octanol–water partition coefficient (Wildman–Crippen LogP) is 2.85. The van der Waals surface area contributed by atoms with Gasteiger partial charge in [-0.1, -0.05) is 0 Å². The number of ether oxygens (including phenoxy) is 2. The van der Waals surface area contributed by atoms with Crippen LogP contribution in [-0.2, 0) is 4.74 Å². The Morgan fingerprint density at radius 2 is 2.00 bits per heavy atom. The fraction of sp³-hybridized carbons (Fsp3) is 0.429. The summed E-state index contributed by atoms with van der Waals surface area (Å²) in [5, 5.41) is 4.42. The molecule has 0 fully saturated rings. The number of methoxy groups -OCH3 is 1. The van der Waals surface area contributed by atoms with Crippen LogP contribution in [0.5, 0.6) is 5.75 Å². The Labute approximate surface area is 107 Å². The number of H-pyrrole nitrogens is 1. The van der Waals surface area contributed by atoms with E-state index in [1.165, 1.54) is 16.6 Å². The van der Waals surface area contributed by atoms with E-state index in [4.69, 9.17) is 9.47 Å². The SMILES string of the molecule is CNc1ccc(OCCOC)c2[nH]c(C)c(C)c12. The van der Waals surface area contributed by atoms with Crippen molar-refractivity contribution in [2.45, 2.75) is 13.8 Å². The lowest BCUT2D eigenvalue weighted by molar-refractivity contribution is 0.147. The Morgan fingerprint density at radius 3 is 2.67 bits per heavy atom. The summed E-state index contributed by atoms with van der Waals surface area (Å²) >= 11 is 0. The summed E-state index contributed by atoms with van der Waals surface area (Å²) in [5.74, 6) is 0.872. The molecule has 1 aromatic heterocycles. The topological polar surface area (TPSA) is 46.3 Å². The van der Waals surface area contributed by atoms with Gasteiger partial charge in [-0.3, -0.25) is 0 Å². The van der Waals surface area contributed by atoms with Crippen molar-refractivity contribution in [2.75, 3.05) is 32.7 Å². The monoisotopic (exact) mass is 248 g/mol. The van der Waals surface area contributed by atoms with E-state index in [0.29, 0.717) is 13.2 Å². The molecule has 0 unspecified atom stereocenters. The van der Waals surface area contributed by atoms with Crippen LogP contribution in [0.4, 0.5) is 5.69 Å². The van der Waals surface area contributed by atoms with Gasteiger partial charge >= 0.3 is 0 Å². The molecule has 0 radical (unpaired) electrons. The average Bonchev–Trinajstić information content (AvgIpc) is 2.67. The van der Waals surface area contributed by atoms with E-state index in [1.807, 2.05) is 19.2 Å². The van der Waals surface area contributed by atoms with Gasteiger partial charge in [0.15, 0.2) is 0 Å². The first kappa shape index (κ1) is 12.8. The highest BCUT2D eigenvalue weighted by Crippen LogP contribution is 2.34. The van der Waals surface area contributed by atoms with E-state index in [-0.39, 0.29) is 0 Å². The summed E-state index contributed by atoms with van der Waals surface area (Å²) < 4.78 is 10.7. The van der Waals surface area contributed by atoms with Gasteiger partial charge in [-0.2, -0.15) is 0 Å². The first-order chi connectivity index (χ1) is 8.69. The largest absolute Gasteiger partial charge is 0.489 e. The third-order valence-corrected chi connectivity index (χ3v) is 3.23. The van der Waals surface area contributed by atoms with Crippen LogP contribution < -0.4 is 10.1 Å². The molecule has 98 valence electrons. The molecule has 0 aliphatic rings. The molecule has 2 aromatic rings. The molecule has 0 aliphatic carbocycles. The summed E-state index contributed by atoms with van der Waals surface area (Å²) in [4.78, 5) is 3.39. The second kappa shape index (κ2) is 5.31. The van der Waals surface area contributed by atoms with Crippen molar-refractivity contribution >= 4 is 16.6 Å². The number of hydrogen-bond acceptors (Lipinski definition) is 3. The minimum absolute atomic E-state index is 0.557. The molecule has 0 amide bonds. The fourth-order valence-corrected chi connectivity index (χ4v) is 2.13. The van der Waals surface area contributed by atoms with Gasteiger partial charge in [0, 0.05) is 30.9 Å². The second-order valence-electron chi connectivity index (χ2n) is 4.33. The highest BCUT2D eigenvalue weighted by atomic mass is 16.5. The molecule has 0 atom stereocenters. The van der Waals surface area contributed by atoms with Gasteiger partial charge in [-0.25, -0.2) is 0 Å². The lowest BCUT2D eigenvalue weighted by Gasteiger charge is -2.10. The van der Waals surface area contributed by atoms with Crippen LogP contribution in [0.3, 0.4) is 0 Å². The molecule has 2 N–H and O–H groups in total. The van der Waals surface area contributed by atoms with Crippen LogP contribution in [0, 0.1) is 13.8 Å². The van der Waals surface area contributed by atoms with E-state index in [1.54, 1.807) is 7.11 Å². The fourth-order valence-electron chi connectivity index (χ4n) is 2.13. The lowest BCUT2D eigenvalue weighted by atomic mass is 10.1. The molecule has 0 saturated carbocycles. The van der Waals surface area contributed by atoms with Crippen LogP contribution in [0.25, 0.3) is 10.9 Å². The zero-order valence-corrected chi connectivity index (χ0v) is 11.4. The van der Waals surface area contributed by atoms with Crippen LogP contribution in [0.2, 0.25) is 0 Å². The summed E-state index contributed by atoms with van der Waals surface area (Å²) in [6.07, 6.45) is 0. The van der Waals surface area contributed by atoms with Crippen LogP contribution >= 0.6 is 0 Å². The molecule has 4 nitrogen and oxygen atoms in total. The maximum Gasteiger partial charge on any atom is 0.143 e. The Morgan fingerprint density at radius 1 is 1.22 bits per heavy atom. The number of aryl methyl sites for hydroxylation is 2. The van der Waals surface area contributed by atoms with Gasteiger partial charge in [-0.05, 0) is 31.5 Å². The van der Waals surface area contributed by atoms with E-state index in [2.05, 4.69) is 24.1 Å².